The largest absolute Gasteiger partial charge is 0.446 e. The van der Waals surface area contributed by atoms with Crippen molar-refractivity contribution < 1.29 is 19.1 Å². The summed E-state index contributed by atoms with van der Waals surface area (Å²) in [5.41, 5.74) is 0.596. The fourth-order valence-electron chi connectivity index (χ4n) is 2.37. The van der Waals surface area contributed by atoms with E-state index < -0.39 is 12.1 Å². The standard InChI is InChI=1S/C19H20N2O4S/c1-12-7-10-15(26-12)18(23)20-11-16(22)25-17(13-5-3-2-4-6-13)19(24)21-14-8-9-14/h2-7,10,14,17H,8-9,11H2,1H3,(H,20,23)(H,21,24). The van der Waals surface area contributed by atoms with Gasteiger partial charge in [0.1, 0.15) is 6.54 Å². The molecule has 6 nitrogen and oxygen atoms in total. The number of ether oxygens (including phenoxy) is 1. The minimum Gasteiger partial charge on any atom is -0.446 e. The summed E-state index contributed by atoms with van der Waals surface area (Å²) in [6.45, 7) is 1.61. The molecule has 1 saturated carbocycles. The van der Waals surface area contributed by atoms with Gasteiger partial charge in [0.2, 0.25) is 6.10 Å². The molecule has 26 heavy (non-hydrogen) atoms. The van der Waals surface area contributed by atoms with Crippen LogP contribution >= 0.6 is 11.3 Å². The van der Waals surface area contributed by atoms with Crippen LogP contribution in [0.15, 0.2) is 42.5 Å². The van der Waals surface area contributed by atoms with Crippen LogP contribution in [0.2, 0.25) is 0 Å². The summed E-state index contributed by atoms with van der Waals surface area (Å²) in [5.74, 6) is -1.34. The van der Waals surface area contributed by atoms with Crippen molar-refractivity contribution in [3.8, 4) is 0 Å². The number of hydrogen-bond donors (Lipinski definition) is 2. The van der Waals surface area contributed by atoms with Gasteiger partial charge in [0.15, 0.2) is 0 Å². The summed E-state index contributed by atoms with van der Waals surface area (Å²) in [5, 5.41) is 5.38. The third-order valence-electron chi connectivity index (χ3n) is 3.87. The Morgan fingerprint density at radius 2 is 1.88 bits per heavy atom. The lowest BCUT2D eigenvalue weighted by atomic mass is 10.1. The Balaban J connectivity index is 1.59. The Kier molecular flexibility index (Phi) is 5.68. The van der Waals surface area contributed by atoms with Crippen molar-refractivity contribution in [2.24, 2.45) is 0 Å². The van der Waals surface area contributed by atoms with Gasteiger partial charge in [-0.05, 0) is 31.9 Å². The highest BCUT2D eigenvalue weighted by Gasteiger charge is 2.30. The zero-order valence-electron chi connectivity index (χ0n) is 14.4. The van der Waals surface area contributed by atoms with E-state index in [4.69, 9.17) is 4.74 Å². The predicted octanol–water partition coefficient (Wildman–Crippen LogP) is 2.35. The third-order valence-corrected chi connectivity index (χ3v) is 4.87. The van der Waals surface area contributed by atoms with E-state index in [0.717, 1.165) is 17.7 Å². The second-order valence-corrected chi connectivity index (χ2v) is 7.44. The Bertz CT molecular complexity index is 799. The van der Waals surface area contributed by atoms with E-state index in [1.165, 1.54) is 11.3 Å². The first kappa shape index (κ1) is 18.1. The number of hydrogen-bond acceptors (Lipinski definition) is 5. The van der Waals surface area contributed by atoms with Gasteiger partial charge < -0.3 is 15.4 Å². The van der Waals surface area contributed by atoms with E-state index in [1.54, 1.807) is 30.3 Å². The average molecular weight is 372 g/mol. The fourth-order valence-corrected chi connectivity index (χ4v) is 3.16. The molecule has 1 atom stereocenters. The van der Waals surface area contributed by atoms with Gasteiger partial charge in [-0.3, -0.25) is 14.4 Å². The molecule has 2 amide bonds. The lowest BCUT2D eigenvalue weighted by Crippen LogP contribution is -2.36. The minimum absolute atomic E-state index is 0.161. The fraction of sp³-hybridized carbons (Fsp3) is 0.316. The van der Waals surface area contributed by atoms with Crippen molar-refractivity contribution in [1.82, 2.24) is 10.6 Å². The van der Waals surface area contributed by atoms with Crippen LogP contribution in [-0.4, -0.2) is 30.4 Å². The molecule has 0 radical (unpaired) electrons. The first-order chi connectivity index (χ1) is 12.5. The second-order valence-electron chi connectivity index (χ2n) is 6.16. The van der Waals surface area contributed by atoms with E-state index >= 15 is 0 Å². The molecule has 1 aromatic heterocycles. The highest BCUT2D eigenvalue weighted by molar-refractivity contribution is 7.13. The maximum absolute atomic E-state index is 12.4. The van der Waals surface area contributed by atoms with Crippen LogP contribution in [-0.2, 0) is 14.3 Å². The van der Waals surface area contributed by atoms with Gasteiger partial charge in [0.05, 0.1) is 4.88 Å². The van der Waals surface area contributed by atoms with E-state index in [2.05, 4.69) is 10.6 Å². The molecule has 1 aliphatic carbocycles. The van der Waals surface area contributed by atoms with Crippen molar-refractivity contribution in [1.29, 1.82) is 0 Å². The summed E-state index contributed by atoms with van der Waals surface area (Å²) in [6.07, 6.45) is 0.861. The molecule has 1 heterocycles. The van der Waals surface area contributed by atoms with Crippen molar-refractivity contribution >= 4 is 29.1 Å². The van der Waals surface area contributed by atoms with Crippen LogP contribution in [0.25, 0.3) is 0 Å². The quantitative estimate of drug-likeness (QED) is 0.731. The maximum atomic E-state index is 12.4. The molecule has 1 unspecified atom stereocenters. The predicted molar refractivity (Wildman–Crippen MR) is 97.8 cm³/mol. The molecule has 7 heteroatoms. The summed E-state index contributed by atoms with van der Waals surface area (Å²) >= 11 is 1.35. The smallest absolute Gasteiger partial charge is 0.326 e. The molecule has 1 aromatic carbocycles. The van der Waals surface area contributed by atoms with Crippen LogP contribution in [0.3, 0.4) is 0 Å². The Hall–Kier alpha value is -2.67. The number of thiophene rings is 1. The number of esters is 1. The number of rotatable bonds is 7. The Morgan fingerprint density at radius 3 is 2.50 bits per heavy atom. The van der Waals surface area contributed by atoms with Gasteiger partial charge in [-0.15, -0.1) is 11.3 Å². The summed E-state index contributed by atoms with van der Waals surface area (Å²) < 4.78 is 5.36. The Morgan fingerprint density at radius 1 is 1.15 bits per heavy atom. The number of amides is 2. The van der Waals surface area contributed by atoms with E-state index in [0.29, 0.717) is 10.4 Å². The zero-order chi connectivity index (χ0) is 18.5. The first-order valence-electron chi connectivity index (χ1n) is 8.42. The molecule has 0 aliphatic heterocycles. The molecule has 0 spiro atoms. The third kappa shape index (κ3) is 4.92. The van der Waals surface area contributed by atoms with E-state index in [9.17, 15) is 14.4 Å². The summed E-state index contributed by atoms with van der Waals surface area (Å²) in [6, 6.07) is 12.6. The molecular formula is C19H20N2O4S. The number of carbonyl (C=O) groups is 3. The molecule has 1 fully saturated rings. The lowest BCUT2D eigenvalue weighted by molar-refractivity contribution is -0.155. The highest BCUT2D eigenvalue weighted by Crippen LogP contribution is 2.23. The van der Waals surface area contributed by atoms with Gasteiger partial charge in [-0.1, -0.05) is 30.3 Å². The maximum Gasteiger partial charge on any atom is 0.326 e. The molecule has 0 saturated heterocycles. The van der Waals surface area contributed by atoms with Crippen molar-refractivity contribution in [2.75, 3.05) is 6.54 Å². The number of carbonyl (C=O) groups excluding carboxylic acids is 3. The Labute approximate surface area is 155 Å². The van der Waals surface area contributed by atoms with Crippen molar-refractivity contribution in [3.05, 3.63) is 57.8 Å². The van der Waals surface area contributed by atoms with Crippen molar-refractivity contribution in [2.45, 2.75) is 31.9 Å². The molecule has 3 rings (SSSR count). The van der Waals surface area contributed by atoms with Crippen LogP contribution in [0.1, 0.15) is 39.1 Å². The first-order valence-corrected chi connectivity index (χ1v) is 9.24. The van der Waals surface area contributed by atoms with E-state index in [-0.39, 0.29) is 24.4 Å². The SMILES string of the molecule is Cc1ccc(C(=O)NCC(=O)OC(C(=O)NC2CC2)c2ccccc2)s1. The monoisotopic (exact) mass is 372 g/mol. The number of aryl methyl sites for hydroxylation is 1. The van der Waals surface area contributed by atoms with Crippen LogP contribution in [0, 0.1) is 6.92 Å². The van der Waals surface area contributed by atoms with E-state index in [1.807, 2.05) is 19.1 Å². The zero-order valence-corrected chi connectivity index (χ0v) is 15.2. The molecule has 0 bridgehead atoms. The van der Waals surface area contributed by atoms with Crippen LogP contribution < -0.4 is 10.6 Å². The minimum atomic E-state index is -1.02. The highest BCUT2D eigenvalue weighted by atomic mass is 32.1. The second kappa shape index (κ2) is 8.14. The summed E-state index contributed by atoms with van der Waals surface area (Å²) in [4.78, 5) is 38.1. The number of nitrogens with one attached hydrogen (secondary N) is 2. The van der Waals surface area contributed by atoms with Gasteiger partial charge >= 0.3 is 5.97 Å². The van der Waals surface area contributed by atoms with Crippen LogP contribution in [0.4, 0.5) is 0 Å². The van der Waals surface area contributed by atoms with Gasteiger partial charge in [-0.2, -0.15) is 0 Å². The van der Waals surface area contributed by atoms with Gasteiger partial charge in [-0.25, -0.2) is 0 Å². The normalized spacial score (nSPS) is 14.3. The van der Waals surface area contributed by atoms with Gasteiger partial charge in [0, 0.05) is 16.5 Å². The topological polar surface area (TPSA) is 84.5 Å². The molecular weight excluding hydrogens is 352 g/mol. The van der Waals surface area contributed by atoms with Crippen LogP contribution in [0.5, 0.6) is 0 Å². The molecule has 2 aromatic rings. The summed E-state index contributed by atoms with van der Waals surface area (Å²) in [7, 11) is 0. The van der Waals surface area contributed by atoms with Gasteiger partial charge in [0.25, 0.3) is 11.8 Å². The lowest BCUT2D eigenvalue weighted by Gasteiger charge is -2.18. The molecule has 136 valence electrons. The molecule has 1 aliphatic rings. The van der Waals surface area contributed by atoms with Crippen molar-refractivity contribution in [3.63, 3.8) is 0 Å². The average Bonchev–Trinajstić information content (AvgIpc) is 3.35. The number of benzene rings is 1. The molecule has 2 N–H and O–H groups in total.